The minimum Gasteiger partial charge on any atom is -0.507 e. The third kappa shape index (κ3) is 5.70. The standard InChI is InChI=1S/C35H43N3O8/c1-34(2,3)46-13-12-38(6)17-18-8-7-9-19(14-18)21-10-11-24(39)26-22(21)15-20-16-23-28(37(4)5)30(41)27(33(36)44)32(43)35(23,45)31(42)25(20)29(26)40/h7-11,14,20,23,25,27-28,39,45H,12-13,15-17H2,1-6H3,(H2,36,44)/t20-,23-,25?,27?,28-,35-/m0/s1. The summed E-state index contributed by atoms with van der Waals surface area (Å²) in [6.45, 7) is 8.01. The van der Waals surface area contributed by atoms with Gasteiger partial charge in [-0.15, -0.1) is 0 Å². The van der Waals surface area contributed by atoms with E-state index in [2.05, 4.69) is 4.90 Å². The number of rotatable bonds is 8. The Morgan fingerprint density at radius 2 is 1.76 bits per heavy atom. The molecule has 0 aliphatic heterocycles. The number of carbonyl (C=O) groups is 5. The molecule has 0 saturated heterocycles. The molecule has 0 aromatic heterocycles. The zero-order valence-corrected chi connectivity index (χ0v) is 27.2. The molecule has 2 unspecified atom stereocenters. The molecule has 0 spiro atoms. The number of hydrogen-bond acceptors (Lipinski definition) is 10. The molecule has 3 aliphatic rings. The first-order chi connectivity index (χ1) is 21.5. The normalized spacial score (nSPS) is 27.9. The van der Waals surface area contributed by atoms with Crippen molar-refractivity contribution in [3.8, 4) is 16.9 Å². The van der Waals surface area contributed by atoms with E-state index >= 15 is 0 Å². The van der Waals surface area contributed by atoms with Crippen LogP contribution in [0, 0.1) is 23.7 Å². The Labute approximate surface area is 268 Å². The van der Waals surface area contributed by atoms with Gasteiger partial charge in [0, 0.05) is 19.0 Å². The van der Waals surface area contributed by atoms with Gasteiger partial charge in [0.25, 0.3) is 0 Å². The smallest absolute Gasteiger partial charge is 0.235 e. The molecule has 2 fully saturated rings. The number of fused-ring (bicyclic) bond motifs is 3. The lowest BCUT2D eigenvalue weighted by Gasteiger charge is -2.52. The third-order valence-electron chi connectivity index (χ3n) is 9.64. The van der Waals surface area contributed by atoms with Crippen molar-refractivity contribution in [2.45, 2.75) is 57.4 Å². The average molecular weight is 634 g/mol. The molecule has 2 aromatic carbocycles. The van der Waals surface area contributed by atoms with Crippen LogP contribution < -0.4 is 5.73 Å². The second-order valence-corrected chi connectivity index (χ2v) is 14.2. The Bertz CT molecular complexity index is 1610. The van der Waals surface area contributed by atoms with Crippen molar-refractivity contribution in [3.63, 3.8) is 0 Å². The van der Waals surface area contributed by atoms with E-state index in [0.29, 0.717) is 18.7 Å². The van der Waals surface area contributed by atoms with Gasteiger partial charge in [-0.1, -0.05) is 24.3 Å². The van der Waals surface area contributed by atoms with E-state index in [0.717, 1.165) is 23.2 Å². The fourth-order valence-electron chi connectivity index (χ4n) is 7.61. The molecule has 5 rings (SSSR count). The Balaban J connectivity index is 1.50. The zero-order valence-electron chi connectivity index (χ0n) is 27.2. The molecular formula is C35H43N3O8. The Hall–Kier alpha value is -3.77. The van der Waals surface area contributed by atoms with Crippen LogP contribution in [0.1, 0.15) is 48.7 Å². The number of aliphatic hydroxyl groups is 1. The monoisotopic (exact) mass is 633 g/mol. The number of Topliss-reactive ketones (excluding diaryl/α,β-unsaturated/α-hetero) is 4. The molecule has 4 N–H and O–H groups in total. The van der Waals surface area contributed by atoms with Crippen molar-refractivity contribution in [1.29, 1.82) is 0 Å². The zero-order chi connectivity index (χ0) is 33.9. The number of phenols is 1. The maximum atomic E-state index is 14.1. The summed E-state index contributed by atoms with van der Waals surface area (Å²) in [5.74, 6) is -10.6. The Morgan fingerprint density at radius 3 is 2.39 bits per heavy atom. The first kappa shape index (κ1) is 33.6. The molecular weight excluding hydrogens is 590 g/mol. The molecule has 11 nitrogen and oxygen atoms in total. The summed E-state index contributed by atoms with van der Waals surface area (Å²) in [5, 5.41) is 22.7. The molecule has 2 saturated carbocycles. The van der Waals surface area contributed by atoms with E-state index in [1.807, 2.05) is 52.1 Å². The van der Waals surface area contributed by atoms with Gasteiger partial charge >= 0.3 is 0 Å². The van der Waals surface area contributed by atoms with Crippen LogP contribution in [0.25, 0.3) is 11.1 Å². The van der Waals surface area contributed by atoms with Gasteiger partial charge in [-0.2, -0.15) is 0 Å². The number of primary amides is 1. The number of carbonyl (C=O) groups excluding carboxylic acids is 5. The van der Waals surface area contributed by atoms with Gasteiger partial charge in [0.1, 0.15) is 5.75 Å². The van der Waals surface area contributed by atoms with Crippen LogP contribution in [0.4, 0.5) is 0 Å². The summed E-state index contributed by atoms with van der Waals surface area (Å²) in [4.78, 5) is 70.8. The van der Waals surface area contributed by atoms with E-state index < -0.39 is 64.4 Å². The molecule has 0 bridgehead atoms. The van der Waals surface area contributed by atoms with Gasteiger partial charge < -0.3 is 20.7 Å². The molecule has 246 valence electrons. The summed E-state index contributed by atoms with van der Waals surface area (Å²) < 4.78 is 5.85. The molecule has 6 atom stereocenters. The van der Waals surface area contributed by atoms with Crippen molar-refractivity contribution in [2.24, 2.45) is 29.4 Å². The minimum absolute atomic E-state index is 0.000459. The van der Waals surface area contributed by atoms with Crippen molar-refractivity contribution in [1.82, 2.24) is 9.80 Å². The van der Waals surface area contributed by atoms with Gasteiger partial charge in [-0.3, -0.25) is 33.8 Å². The number of aromatic hydroxyl groups is 1. The second-order valence-electron chi connectivity index (χ2n) is 14.2. The fraction of sp³-hybridized carbons (Fsp3) is 0.514. The first-order valence-corrected chi connectivity index (χ1v) is 15.6. The highest BCUT2D eigenvalue weighted by molar-refractivity contribution is 6.32. The van der Waals surface area contributed by atoms with Gasteiger partial charge in [0.15, 0.2) is 34.7 Å². The number of phenolic OH excluding ortho intramolecular Hbond substituents is 1. The van der Waals surface area contributed by atoms with Crippen LogP contribution in [-0.2, 0) is 36.9 Å². The Morgan fingerprint density at radius 1 is 1.07 bits per heavy atom. The molecule has 2 aromatic rings. The van der Waals surface area contributed by atoms with Gasteiger partial charge in [-0.05, 0) is 95.1 Å². The van der Waals surface area contributed by atoms with Crippen LogP contribution in [0.2, 0.25) is 0 Å². The number of hydrogen-bond donors (Lipinski definition) is 3. The number of nitrogens with two attached hydrogens (primary N) is 1. The number of benzene rings is 2. The van der Waals surface area contributed by atoms with Crippen molar-refractivity contribution in [3.05, 3.63) is 53.1 Å². The van der Waals surface area contributed by atoms with E-state index in [-0.39, 0.29) is 29.8 Å². The topological polar surface area (TPSA) is 168 Å². The minimum atomic E-state index is -2.75. The summed E-state index contributed by atoms with van der Waals surface area (Å²) >= 11 is 0. The molecule has 0 radical (unpaired) electrons. The highest BCUT2D eigenvalue weighted by Crippen LogP contribution is 2.51. The van der Waals surface area contributed by atoms with Crippen LogP contribution >= 0.6 is 0 Å². The molecule has 46 heavy (non-hydrogen) atoms. The second kappa shape index (κ2) is 12.1. The highest BCUT2D eigenvalue weighted by Gasteiger charge is 2.69. The molecule has 11 heteroatoms. The van der Waals surface area contributed by atoms with Crippen LogP contribution in [0.15, 0.2) is 36.4 Å². The lowest BCUT2D eigenvalue weighted by molar-refractivity contribution is -0.181. The maximum absolute atomic E-state index is 14.1. The third-order valence-corrected chi connectivity index (χ3v) is 9.64. The lowest BCUT2D eigenvalue weighted by Crippen LogP contribution is -2.74. The lowest BCUT2D eigenvalue weighted by atomic mass is 9.52. The molecule has 1 amide bonds. The van der Waals surface area contributed by atoms with E-state index in [4.69, 9.17) is 10.5 Å². The van der Waals surface area contributed by atoms with Crippen LogP contribution in [-0.4, -0.2) is 101 Å². The first-order valence-electron chi connectivity index (χ1n) is 15.6. The number of likely N-dealkylation sites (N-methyl/N-ethyl adjacent to an activating group) is 2. The number of nitrogens with zero attached hydrogens (tertiary/aromatic N) is 2. The van der Waals surface area contributed by atoms with Crippen LogP contribution in [0.5, 0.6) is 5.75 Å². The van der Waals surface area contributed by atoms with Crippen LogP contribution in [0.3, 0.4) is 0 Å². The fourth-order valence-corrected chi connectivity index (χ4v) is 7.61. The van der Waals surface area contributed by atoms with E-state index in [9.17, 15) is 34.2 Å². The molecule has 0 heterocycles. The van der Waals surface area contributed by atoms with Crippen molar-refractivity contribution < 1.29 is 38.9 Å². The summed E-state index contributed by atoms with van der Waals surface area (Å²) in [6.07, 6.45) is 0.199. The summed E-state index contributed by atoms with van der Waals surface area (Å²) in [7, 11) is 5.13. The van der Waals surface area contributed by atoms with E-state index in [1.54, 1.807) is 20.2 Å². The molecule has 3 aliphatic carbocycles. The van der Waals surface area contributed by atoms with Crippen molar-refractivity contribution >= 4 is 29.0 Å². The number of amides is 1. The van der Waals surface area contributed by atoms with E-state index in [1.165, 1.54) is 11.0 Å². The highest BCUT2D eigenvalue weighted by atomic mass is 16.5. The van der Waals surface area contributed by atoms with Gasteiger partial charge in [0.05, 0.1) is 29.7 Å². The predicted molar refractivity (Wildman–Crippen MR) is 169 cm³/mol. The van der Waals surface area contributed by atoms with Gasteiger partial charge in [-0.25, -0.2) is 0 Å². The SMILES string of the molecule is CN(CCOC(C)(C)C)Cc1cccc(-c2ccc(O)c3c2C[C@H]2C[C@H]4[C@H](N(C)C)C(=O)C(C(N)=O)C(=O)[C@@]4(O)C(=O)C2C3=O)c1. The largest absolute Gasteiger partial charge is 0.507 e. The average Bonchev–Trinajstić information content (AvgIpc) is 2.94. The summed E-state index contributed by atoms with van der Waals surface area (Å²) in [5.41, 5.74) is 5.56. The summed E-state index contributed by atoms with van der Waals surface area (Å²) in [6, 6.07) is 9.90. The quantitative estimate of drug-likeness (QED) is 0.365. The van der Waals surface area contributed by atoms with Gasteiger partial charge in [0.2, 0.25) is 5.91 Å². The number of ketones is 4. The predicted octanol–water partition coefficient (Wildman–Crippen LogP) is 1.78. The van der Waals surface area contributed by atoms with Crippen molar-refractivity contribution in [2.75, 3.05) is 34.3 Å². The Kier molecular flexibility index (Phi) is 8.84. The maximum Gasteiger partial charge on any atom is 0.235 e. The number of ether oxygens (including phenoxy) is 1.